The molecule has 468 valence electrons. The molecule has 9 unspecified atom stereocenters. The highest BCUT2D eigenvalue weighted by molar-refractivity contribution is 5.86. The van der Waals surface area contributed by atoms with Crippen LogP contribution in [-0.2, 0) is 57.0 Å². The lowest BCUT2D eigenvalue weighted by Gasteiger charge is -2.64. The molecule has 13 aliphatic rings. The summed E-state index contributed by atoms with van der Waals surface area (Å²) in [5.41, 5.74) is 0.887. The summed E-state index contributed by atoms with van der Waals surface area (Å²) in [7, 11) is 3.23. The van der Waals surface area contributed by atoms with Gasteiger partial charge in [0.05, 0.1) is 60.0 Å². The minimum atomic E-state index is -0.864. The molecule has 8 aliphatic carbocycles. The summed E-state index contributed by atoms with van der Waals surface area (Å²) >= 11 is 0. The molecule has 5 heterocycles. The maximum atomic E-state index is 12.6. The van der Waals surface area contributed by atoms with Gasteiger partial charge in [-0.1, -0.05) is 27.7 Å². The minimum Gasteiger partial charge on any atom is -0.458 e. The molecule has 11 fully saturated rings. The number of carbonyl (C=O) groups excluding carboxylic acids is 2. The Hall–Kier alpha value is -2.10. The number of methoxy groups -OCH3 is 2. The summed E-state index contributed by atoms with van der Waals surface area (Å²) in [4.78, 5) is 23.6. The lowest BCUT2D eigenvalue weighted by atomic mass is 9.43. The number of fused-ring (bicyclic) bond motifs is 10. The van der Waals surface area contributed by atoms with Gasteiger partial charge in [-0.05, 0) is 206 Å². The van der Waals surface area contributed by atoms with E-state index in [2.05, 4.69) is 27.7 Å². The number of hydrogen-bond acceptors (Lipinski definition) is 17. The van der Waals surface area contributed by atoms with Crippen molar-refractivity contribution in [2.45, 2.75) is 281 Å². The molecule has 3 saturated heterocycles. The third kappa shape index (κ3) is 10.4. The number of cyclic esters (lactones) is 2. The minimum absolute atomic E-state index is 0.0867. The highest BCUT2D eigenvalue weighted by Crippen LogP contribution is 2.72. The molecular weight excluding hydrogens is 1060 g/mol. The fourth-order valence-electron chi connectivity index (χ4n) is 21.7. The maximum absolute atomic E-state index is 12.6. The lowest BCUT2D eigenvalue weighted by Crippen LogP contribution is -2.62. The molecule has 5 aliphatic heterocycles. The van der Waals surface area contributed by atoms with E-state index in [1.54, 1.807) is 26.4 Å². The average molecular weight is 1170 g/mol. The summed E-state index contributed by atoms with van der Waals surface area (Å²) in [6.07, 6.45) is 16.1. The second kappa shape index (κ2) is 23.0. The van der Waals surface area contributed by atoms with Gasteiger partial charge in [-0.15, -0.1) is 0 Å². The van der Waals surface area contributed by atoms with Crippen molar-refractivity contribution < 1.29 is 82.5 Å². The smallest absolute Gasteiger partial charge is 0.331 e. The maximum Gasteiger partial charge on any atom is 0.331 e. The lowest BCUT2D eigenvalue weighted by molar-refractivity contribution is -0.337. The monoisotopic (exact) mass is 1170 g/mol. The molecule has 0 bridgehead atoms. The normalized spacial score (nSPS) is 53.8. The Morgan fingerprint density at radius 2 is 0.952 bits per heavy atom. The first kappa shape index (κ1) is 61.2. The van der Waals surface area contributed by atoms with Crippen LogP contribution < -0.4 is 0 Å². The highest BCUT2D eigenvalue weighted by Gasteiger charge is 2.70. The number of carbonyl (C=O) groups is 2. The van der Waals surface area contributed by atoms with Gasteiger partial charge in [-0.25, -0.2) is 9.59 Å². The molecule has 83 heavy (non-hydrogen) atoms. The molecule has 13 rings (SSSR count). The molecule has 0 aromatic rings. The van der Waals surface area contributed by atoms with Crippen LogP contribution in [0.25, 0.3) is 0 Å². The van der Waals surface area contributed by atoms with Crippen LogP contribution in [0.1, 0.15) is 183 Å². The Bertz CT molecular complexity index is 2410. The Morgan fingerprint density at radius 3 is 1.43 bits per heavy atom. The number of hydrogen-bond donors (Lipinski definition) is 5. The average Bonchev–Trinajstić information content (AvgIpc) is 2.16. The van der Waals surface area contributed by atoms with E-state index in [-0.39, 0.29) is 94.7 Å². The van der Waals surface area contributed by atoms with Gasteiger partial charge in [0.1, 0.15) is 31.5 Å². The predicted molar refractivity (Wildman–Crippen MR) is 303 cm³/mol. The molecule has 0 aromatic carbocycles. The van der Waals surface area contributed by atoms with E-state index in [0.717, 1.165) is 120 Å². The third-order valence-corrected chi connectivity index (χ3v) is 26.3. The topological polar surface area (TPSA) is 228 Å². The van der Waals surface area contributed by atoms with Gasteiger partial charge in [-0.3, -0.25) is 0 Å². The standard InChI is InChI=1S/C43H68O13.C23H34O4/c1-22-38(49-7)31(44)18-35(51-22)55-39-23(2)52-36(19-32(39)45)56-40-24(3)53-37(20-33(40)48-6)54-27-10-13-41(4)26(17-27)8-9-30-29(41)11-14-42(5)28(12-15-43(30,42)47)25-16-34(46)50-21-25;1-21-8-5-16(24)12-15(21)3-4-19-18(21)6-9-22(2)17(7-10-23(19,22)26)14-11-20(25)27-13-14/h16,22-24,26-33,35-40,44-45,47H,8-15,17-21H2,1-7H3;11,15-19,24,26H,3-10,12-13H2,1-2H3/t22?,23?,24?,26?,27-,28+,29?,30?,31+,32+,33+,35-,36-,37-,38+,39+,40+,41-,42+,43-;15?,16-,17+,18?,19?,21-,22+,23-/m00/s1. The van der Waals surface area contributed by atoms with E-state index < -0.39 is 66.7 Å². The van der Waals surface area contributed by atoms with Crippen LogP contribution in [0.15, 0.2) is 23.3 Å². The van der Waals surface area contributed by atoms with Crippen molar-refractivity contribution in [2.75, 3.05) is 27.4 Å². The van der Waals surface area contributed by atoms with Crippen LogP contribution in [0.2, 0.25) is 0 Å². The molecule has 0 radical (unpaired) electrons. The zero-order valence-corrected chi connectivity index (χ0v) is 51.3. The first-order chi connectivity index (χ1) is 39.4. The summed E-state index contributed by atoms with van der Waals surface area (Å²) < 4.78 is 59.9. The zero-order chi connectivity index (χ0) is 58.8. The molecule has 8 saturated carbocycles. The SMILES string of the molecule is CO[C@@H]1C(C)O[C@@H](O[C@@H]2C(C)O[C@@H](O[C@@H]3C(C)O[C@@H](O[C@H]4CC[C@@]5(C)C(CCC6C5CC[C@]5(C)[C@@H](C7=CC(=O)OC7)CC[C@]65O)C4)C[C@H]3OC)C[C@H]2O)C[C@H]1O.C[C@]12CC[C@H](O)CC1CCC1C2CC[C@]2(C)[C@@H](C3=CC(=O)OC3)CC[C@]12O. The van der Waals surface area contributed by atoms with Gasteiger partial charge in [0.15, 0.2) is 18.9 Å². The summed E-state index contributed by atoms with van der Waals surface area (Å²) in [6, 6.07) is 0. The van der Waals surface area contributed by atoms with E-state index in [1.165, 1.54) is 6.42 Å². The van der Waals surface area contributed by atoms with Crippen molar-refractivity contribution in [3.63, 3.8) is 0 Å². The van der Waals surface area contributed by atoms with Gasteiger partial charge in [0.25, 0.3) is 0 Å². The van der Waals surface area contributed by atoms with Crippen molar-refractivity contribution >= 4 is 11.9 Å². The van der Waals surface area contributed by atoms with Crippen molar-refractivity contribution in [2.24, 2.45) is 69.0 Å². The fourth-order valence-corrected chi connectivity index (χ4v) is 21.7. The second-order valence-electron chi connectivity index (χ2n) is 29.9. The third-order valence-electron chi connectivity index (χ3n) is 26.3. The van der Waals surface area contributed by atoms with E-state index in [0.29, 0.717) is 49.2 Å². The molecule has 17 nitrogen and oxygen atoms in total. The van der Waals surface area contributed by atoms with E-state index in [9.17, 15) is 35.1 Å². The Balaban J connectivity index is 0.000000209. The largest absolute Gasteiger partial charge is 0.458 e. The first-order valence-corrected chi connectivity index (χ1v) is 32.7. The quantitative estimate of drug-likeness (QED) is 0.103. The van der Waals surface area contributed by atoms with Gasteiger partial charge in [-0.2, -0.15) is 0 Å². The Kier molecular flexibility index (Phi) is 17.0. The van der Waals surface area contributed by atoms with Crippen LogP contribution in [0.5, 0.6) is 0 Å². The number of aliphatic hydroxyl groups excluding tert-OH is 3. The van der Waals surface area contributed by atoms with Crippen LogP contribution in [-0.4, -0.2) is 162 Å². The van der Waals surface area contributed by atoms with Crippen LogP contribution in [0.4, 0.5) is 0 Å². The molecule has 5 N–H and O–H groups in total. The van der Waals surface area contributed by atoms with E-state index in [4.69, 9.17) is 47.4 Å². The first-order valence-electron chi connectivity index (χ1n) is 32.7. The fraction of sp³-hybridized carbons (Fsp3) is 0.909. The highest BCUT2D eigenvalue weighted by atomic mass is 16.7. The molecule has 17 heteroatoms. The van der Waals surface area contributed by atoms with Gasteiger partial charge < -0.3 is 72.9 Å². The number of rotatable bonds is 10. The Morgan fingerprint density at radius 1 is 0.482 bits per heavy atom. The molecule has 0 spiro atoms. The van der Waals surface area contributed by atoms with Gasteiger partial charge in [0.2, 0.25) is 0 Å². The van der Waals surface area contributed by atoms with Gasteiger partial charge in [0, 0.05) is 56.5 Å². The molecular formula is C66H102O17. The van der Waals surface area contributed by atoms with Gasteiger partial charge >= 0.3 is 11.9 Å². The van der Waals surface area contributed by atoms with E-state index in [1.807, 2.05) is 20.8 Å². The molecule has 0 aromatic heterocycles. The van der Waals surface area contributed by atoms with E-state index >= 15 is 0 Å². The Labute approximate surface area is 492 Å². The molecule has 28 atom stereocenters. The second-order valence-corrected chi connectivity index (χ2v) is 29.9. The van der Waals surface area contributed by atoms with Crippen LogP contribution in [0, 0.1) is 69.0 Å². The molecule has 0 amide bonds. The zero-order valence-electron chi connectivity index (χ0n) is 51.3. The van der Waals surface area contributed by atoms with Crippen LogP contribution >= 0.6 is 0 Å². The number of aliphatic hydroxyl groups is 5. The van der Waals surface area contributed by atoms with Crippen molar-refractivity contribution in [3.8, 4) is 0 Å². The number of ether oxygens (including phenoxy) is 10. The van der Waals surface area contributed by atoms with Crippen molar-refractivity contribution in [1.82, 2.24) is 0 Å². The predicted octanol–water partition coefficient (Wildman–Crippen LogP) is 8.16. The van der Waals surface area contributed by atoms with Crippen molar-refractivity contribution in [1.29, 1.82) is 0 Å². The summed E-state index contributed by atoms with van der Waals surface area (Å²) in [5, 5.41) is 56.6. The van der Waals surface area contributed by atoms with Crippen LogP contribution in [0.3, 0.4) is 0 Å². The summed E-state index contributed by atoms with van der Waals surface area (Å²) in [6.45, 7) is 16.0. The number of esters is 2. The summed E-state index contributed by atoms with van der Waals surface area (Å²) in [5.74, 6) is 2.82. The van der Waals surface area contributed by atoms with Crippen molar-refractivity contribution in [3.05, 3.63) is 23.3 Å².